The van der Waals surface area contributed by atoms with Crippen molar-refractivity contribution in [1.29, 1.82) is 0 Å². The Bertz CT molecular complexity index is 541. The van der Waals surface area contributed by atoms with Crippen LogP contribution in [0.15, 0.2) is 12.4 Å². The quantitative estimate of drug-likeness (QED) is 0.859. The van der Waals surface area contributed by atoms with E-state index in [2.05, 4.69) is 27.3 Å². The molecule has 5 nitrogen and oxygen atoms in total. The first-order chi connectivity index (χ1) is 8.22. The molecule has 1 aliphatic rings. The van der Waals surface area contributed by atoms with E-state index in [4.69, 9.17) is 11.6 Å². The molecule has 1 fully saturated rings. The Kier molecular flexibility index (Phi) is 4.04. The van der Waals surface area contributed by atoms with Crippen LogP contribution in [-0.4, -0.2) is 31.8 Å². The summed E-state index contributed by atoms with van der Waals surface area (Å²) < 4.78 is 1.90. The van der Waals surface area contributed by atoms with Crippen LogP contribution in [0.3, 0.4) is 0 Å². The van der Waals surface area contributed by atoms with Gasteiger partial charge in [0, 0.05) is 18.3 Å². The fourth-order valence-corrected chi connectivity index (χ4v) is 2.48. The lowest BCUT2D eigenvalue weighted by Gasteiger charge is -2.11. The second kappa shape index (κ2) is 5.38. The lowest BCUT2D eigenvalue weighted by atomic mass is 10.2. The minimum Gasteiger partial charge on any atom is -0.310 e. The summed E-state index contributed by atoms with van der Waals surface area (Å²) in [5.41, 5.74) is 0.811. The van der Waals surface area contributed by atoms with Crippen molar-refractivity contribution in [2.45, 2.75) is 38.4 Å². The van der Waals surface area contributed by atoms with Gasteiger partial charge in [-0.1, -0.05) is 0 Å². The summed E-state index contributed by atoms with van der Waals surface area (Å²) >= 11 is 5.81. The molecule has 7 heteroatoms. The molecule has 98 valence electrons. The van der Waals surface area contributed by atoms with Gasteiger partial charge in [-0.3, -0.25) is 0 Å². The predicted molar refractivity (Wildman–Crippen MR) is 73.2 cm³/mol. The van der Waals surface area contributed by atoms with Crippen molar-refractivity contribution in [1.82, 2.24) is 25.1 Å². The van der Waals surface area contributed by atoms with Gasteiger partial charge in [-0.05, 0) is 31.4 Å². The highest BCUT2D eigenvalue weighted by molar-refractivity contribution is 6.28. The summed E-state index contributed by atoms with van der Waals surface area (Å²) in [5, 5.41) is 9.08. The van der Waals surface area contributed by atoms with Gasteiger partial charge >= 0.3 is 0 Å². The van der Waals surface area contributed by atoms with Gasteiger partial charge in [0.2, 0.25) is 5.28 Å². The van der Waals surface area contributed by atoms with Crippen LogP contribution < -0.4 is 5.32 Å². The molecule has 2 aromatic rings. The number of hydrogen-bond acceptors (Lipinski definition) is 4. The van der Waals surface area contributed by atoms with Crippen LogP contribution in [0.4, 0.5) is 0 Å². The predicted octanol–water partition coefficient (Wildman–Crippen LogP) is 2.04. The molecule has 2 aromatic heterocycles. The molecule has 3 heterocycles. The van der Waals surface area contributed by atoms with Gasteiger partial charge in [0.15, 0.2) is 5.65 Å². The maximum Gasteiger partial charge on any atom is 0.224 e. The van der Waals surface area contributed by atoms with Crippen LogP contribution in [0.2, 0.25) is 5.28 Å². The standard InChI is InChI=1S/C11H14ClN5.ClH/c1-7-2-3-9(15-7)6-17-10-8(5-14-17)4-13-11(12)16-10;/h4-5,7,9,15H,2-3,6H2,1H3;1H/t7-,9-;/m0./s1. The van der Waals surface area contributed by atoms with E-state index < -0.39 is 0 Å². The number of fused-ring (bicyclic) bond motifs is 1. The molecular weight excluding hydrogens is 273 g/mol. The van der Waals surface area contributed by atoms with Crippen molar-refractivity contribution in [3.63, 3.8) is 0 Å². The maximum atomic E-state index is 5.81. The molecule has 0 saturated carbocycles. The Morgan fingerprint density at radius 3 is 3.00 bits per heavy atom. The summed E-state index contributed by atoms with van der Waals surface area (Å²) in [6.45, 7) is 3.04. The monoisotopic (exact) mass is 287 g/mol. The van der Waals surface area contributed by atoms with Gasteiger partial charge in [-0.15, -0.1) is 12.4 Å². The van der Waals surface area contributed by atoms with E-state index in [0.29, 0.717) is 12.1 Å². The first-order valence-corrected chi connectivity index (χ1v) is 6.20. The Morgan fingerprint density at radius 2 is 2.28 bits per heavy atom. The third kappa shape index (κ3) is 2.58. The van der Waals surface area contributed by atoms with E-state index in [9.17, 15) is 0 Å². The topological polar surface area (TPSA) is 55.6 Å². The molecule has 1 N–H and O–H groups in total. The molecule has 0 radical (unpaired) electrons. The minimum atomic E-state index is 0. The molecule has 0 amide bonds. The summed E-state index contributed by atoms with van der Waals surface area (Å²) in [7, 11) is 0. The summed E-state index contributed by atoms with van der Waals surface area (Å²) in [4.78, 5) is 8.17. The SMILES string of the molecule is C[C@H]1CC[C@@H](Cn2ncc3cnc(Cl)nc32)N1.Cl. The molecule has 3 rings (SSSR count). The van der Waals surface area contributed by atoms with Crippen molar-refractivity contribution in [3.05, 3.63) is 17.7 Å². The van der Waals surface area contributed by atoms with Crippen molar-refractivity contribution < 1.29 is 0 Å². The lowest BCUT2D eigenvalue weighted by Crippen LogP contribution is -2.31. The van der Waals surface area contributed by atoms with Gasteiger partial charge < -0.3 is 5.32 Å². The molecule has 0 bridgehead atoms. The van der Waals surface area contributed by atoms with Crippen LogP contribution in [-0.2, 0) is 6.54 Å². The zero-order valence-electron chi connectivity index (χ0n) is 10.0. The number of nitrogens with zero attached hydrogens (tertiary/aromatic N) is 4. The van der Waals surface area contributed by atoms with Crippen molar-refractivity contribution >= 4 is 35.0 Å². The molecule has 1 saturated heterocycles. The minimum absolute atomic E-state index is 0. The van der Waals surface area contributed by atoms with Crippen LogP contribution >= 0.6 is 24.0 Å². The normalized spacial score (nSPS) is 23.2. The molecule has 0 aliphatic carbocycles. The van der Waals surface area contributed by atoms with Gasteiger partial charge in [0.05, 0.1) is 18.1 Å². The van der Waals surface area contributed by atoms with Crippen molar-refractivity contribution in [2.75, 3.05) is 0 Å². The van der Waals surface area contributed by atoms with Gasteiger partial charge in [-0.2, -0.15) is 10.1 Å². The van der Waals surface area contributed by atoms with E-state index in [0.717, 1.165) is 17.6 Å². The molecule has 0 aromatic carbocycles. The van der Waals surface area contributed by atoms with Gasteiger partial charge in [0.25, 0.3) is 0 Å². The summed E-state index contributed by atoms with van der Waals surface area (Å²) in [5.74, 6) is 0. The molecular formula is C11H15Cl2N5. The van der Waals surface area contributed by atoms with Crippen LogP contribution in [0.1, 0.15) is 19.8 Å². The average Bonchev–Trinajstić information content (AvgIpc) is 2.87. The lowest BCUT2D eigenvalue weighted by molar-refractivity contribution is 0.467. The fourth-order valence-electron chi connectivity index (χ4n) is 2.35. The van der Waals surface area contributed by atoms with Crippen molar-refractivity contribution in [3.8, 4) is 0 Å². The summed E-state index contributed by atoms with van der Waals surface area (Å²) in [6.07, 6.45) is 5.89. The van der Waals surface area contributed by atoms with Gasteiger partial charge in [0.1, 0.15) is 0 Å². The molecule has 1 aliphatic heterocycles. The van der Waals surface area contributed by atoms with E-state index in [1.54, 1.807) is 12.4 Å². The number of nitrogens with one attached hydrogen (secondary N) is 1. The van der Waals surface area contributed by atoms with E-state index in [1.807, 2.05) is 4.68 Å². The number of halogens is 2. The molecule has 18 heavy (non-hydrogen) atoms. The first kappa shape index (κ1) is 13.5. The summed E-state index contributed by atoms with van der Waals surface area (Å²) in [6, 6.07) is 1.07. The largest absolute Gasteiger partial charge is 0.310 e. The highest BCUT2D eigenvalue weighted by Crippen LogP contribution is 2.17. The highest BCUT2D eigenvalue weighted by atomic mass is 35.5. The first-order valence-electron chi connectivity index (χ1n) is 5.82. The van der Waals surface area contributed by atoms with Gasteiger partial charge in [-0.25, -0.2) is 9.67 Å². The number of rotatable bonds is 2. The second-order valence-corrected chi connectivity index (χ2v) is 4.92. The third-order valence-electron chi connectivity index (χ3n) is 3.21. The zero-order valence-corrected chi connectivity index (χ0v) is 11.6. The maximum absolute atomic E-state index is 5.81. The Hall–Kier alpha value is -0.910. The van der Waals surface area contributed by atoms with E-state index in [1.165, 1.54) is 12.8 Å². The smallest absolute Gasteiger partial charge is 0.224 e. The Morgan fingerprint density at radius 1 is 1.44 bits per heavy atom. The molecule has 0 unspecified atom stereocenters. The van der Waals surface area contributed by atoms with Crippen LogP contribution in [0.25, 0.3) is 11.0 Å². The molecule has 2 atom stereocenters. The number of aromatic nitrogens is 4. The average molecular weight is 288 g/mol. The van der Waals surface area contributed by atoms with E-state index in [-0.39, 0.29) is 17.7 Å². The second-order valence-electron chi connectivity index (χ2n) is 4.59. The zero-order chi connectivity index (χ0) is 11.8. The fraction of sp³-hybridized carbons (Fsp3) is 0.545. The van der Waals surface area contributed by atoms with E-state index >= 15 is 0 Å². The molecule has 0 spiro atoms. The van der Waals surface area contributed by atoms with Crippen LogP contribution in [0, 0.1) is 0 Å². The van der Waals surface area contributed by atoms with Crippen molar-refractivity contribution in [2.24, 2.45) is 0 Å². The highest BCUT2D eigenvalue weighted by Gasteiger charge is 2.21. The number of hydrogen-bond donors (Lipinski definition) is 1. The third-order valence-corrected chi connectivity index (χ3v) is 3.39. The Labute approximate surface area is 116 Å². The Balaban J connectivity index is 0.00000120. The van der Waals surface area contributed by atoms with Crippen LogP contribution in [0.5, 0.6) is 0 Å².